The normalized spacial score (nSPS) is 24.2. The van der Waals surface area contributed by atoms with Crippen LogP contribution in [-0.4, -0.2) is 28.3 Å². The van der Waals surface area contributed by atoms with Gasteiger partial charge in [-0.1, -0.05) is 35.9 Å². The van der Waals surface area contributed by atoms with Crippen LogP contribution >= 0.6 is 11.6 Å². The predicted octanol–water partition coefficient (Wildman–Crippen LogP) is 3.59. The molecule has 2 aromatic rings. The van der Waals surface area contributed by atoms with Gasteiger partial charge in [0.25, 0.3) is 0 Å². The van der Waals surface area contributed by atoms with Crippen LogP contribution < -0.4 is 0 Å². The molecule has 0 radical (unpaired) electrons. The molecule has 3 rings (SSSR count). The molecular formula is C18H18ClNO3. The number of halogens is 1. The zero-order valence-electron chi connectivity index (χ0n) is 12.6. The van der Waals surface area contributed by atoms with Gasteiger partial charge in [-0.15, -0.1) is 0 Å². The van der Waals surface area contributed by atoms with Crippen LogP contribution in [0.25, 0.3) is 0 Å². The molecule has 1 aliphatic rings. The van der Waals surface area contributed by atoms with Gasteiger partial charge >= 0.3 is 5.97 Å². The van der Waals surface area contributed by atoms with Gasteiger partial charge in [0.2, 0.25) is 0 Å². The van der Waals surface area contributed by atoms with E-state index < -0.39 is 0 Å². The third kappa shape index (κ3) is 3.89. The molecule has 23 heavy (non-hydrogen) atoms. The number of esters is 1. The highest BCUT2D eigenvalue weighted by Crippen LogP contribution is 2.35. The van der Waals surface area contributed by atoms with Crippen LogP contribution in [0, 0.1) is 0 Å². The molecule has 1 fully saturated rings. The Bertz CT molecular complexity index is 660. The zero-order chi connectivity index (χ0) is 16.2. The number of nitrogens with zero attached hydrogens (tertiary/aromatic N) is 1. The Morgan fingerprint density at radius 1 is 1.17 bits per heavy atom. The minimum absolute atomic E-state index is 0.0730. The van der Waals surface area contributed by atoms with Crippen molar-refractivity contribution in [3.63, 3.8) is 0 Å². The average Bonchev–Trinajstić information content (AvgIpc) is 2.58. The molecule has 120 valence electrons. The molecule has 0 aliphatic heterocycles. The molecule has 3 atom stereocenters. The molecule has 1 aromatic heterocycles. The van der Waals surface area contributed by atoms with Crippen molar-refractivity contribution in [1.29, 1.82) is 0 Å². The van der Waals surface area contributed by atoms with E-state index in [-0.39, 0.29) is 24.1 Å². The largest absolute Gasteiger partial charge is 0.458 e. The molecule has 1 aromatic carbocycles. The van der Waals surface area contributed by atoms with E-state index in [9.17, 15) is 9.90 Å². The second-order valence-corrected chi connectivity index (χ2v) is 6.18. The first-order valence-electron chi connectivity index (χ1n) is 7.69. The number of aromatic nitrogens is 1. The summed E-state index contributed by atoms with van der Waals surface area (Å²) in [7, 11) is 0. The fraction of sp³-hybridized carbons (Fsp3) is 0.333. The number of aliphatic hydroxyl groups excluding tert-OH is 1. The second kappa shape index (κ2) is 7.11. The van der Waals surface area contributed by atoms with Gasteiger partial charge in [-0.2, -0.15) is 0 Å². The third-order valence-corrected chi connectivity index (χ3v) is 4.43. The average molecular weight is 332 g/mol. The van der Waals surface area contributed by atoms with Crippen molar-refractivity contribution in [3.8, 4) is 0 Å². The summed E-state index contributed by atoms with van der Waals surface area (Å²) < 4.78 is 5.71. The summed E-state index contributed by atoms with van der Waals surface area (Å²) >= 11 is 5.83. The lowest BCUT2D eigenvalue weighted by Crippen LogP contribution is -2.34. The Labute approximate surface area is 140 Å². The lowest BCUT2D eigenvalue weighted by atomic mass is 9.80. The zero-order valence-corrected chi connectivity index (χ0v) is 13.3. The summed E-state index contributed by atoms with van der Waals surface area (Å²) in [6, 6.07) is 12.5. The van der Waals surface area contributed by atoms with Crippen LogP contribution in [0.1, 0.15) is 41.1 Å². The van der Waals surface area contributed by atoms with Gasteiger partial charge in [0, 0.05) is 12.1 Å². The van der Waals surface area contributed by atoms with Crippen molar-refractivity contribution in [2.24, 2.45) is 0 Å². The molecule has 0 bridgehead atoms. The van der Waals surface area contributed by atoms with Crippen molar-refractivity contribution in [2.75, 3.05) is 0 Å². The Morgan fingerprint density at radius 3 is 2.65 bits per heavy atom. The van der Waals surface area contributed by atoms with Gasteiger partial charge in [-0.05, 0) is 43.0 Å². The Balaban J connectivity index is 1.78. The van der Waals surface area contributed by atoms with E-state index in [1.165, 1.54) is 0 Å². The number of ether oxygens (including phenoxy) is 1. The highest BCUT2D eigenvalue weighted by atomic mass is 35.5. The quantitative estimate of drug-likeness (QED) is 0.689. The molecule has 1 saturated carbocycles. The van der Waals surface area contributed by atoms with Crippen molar-refractivity contribution >= 4 is 17.6 Å². The first-order chi connectivity index (χ1) is 11.1. The summed E-state index contributed by atoms with van der Waals surface area (Å²) in [5.74, 6) is -0.407. The van der Waals surface area contributed by atoms with E-state index in [4.69, 9.17) is 16.3 Å². The number of pyridine rings is 1. The number of aliphatic hydroxyl groups is 1. The van der Waals surface area contributed by atoms with E-state index in [2.05, 4.69) is 4.98 Å². The molecule has 5 heteroatoms. The van der Waals surface area contributed by atoms with Crippen LogP contribution in [0.3, 0.4) is 0 Å². The first kappa shape index (κ1) is 16.0. The Hall–Kier alpha value is -1.91. The van der Waals surface area contributed by atoms with Crippen molar-refractivity contribution in [2.45, 2.75) is 37.4 Å². The fourth-order valence-corrected chi connectivity index (χ4v) is 3.11. The smallest absolute Gasteiger partial charge is 0.338 e. The van der Waals surface area contributed by atoms with E-state index >= 15 is 0 Å². The van der Waals surface area contributed by atoms with E-state index in [1.807, 2.05) is 24.3 Å². The monoisotopic (exact) mass is 331 g/mol. The second-order valence-electron chi connectivity index (χ2n) is 5.80. The Kier molecular flexibility index (Phi) is 4.94. The number of rotatable bonds is 3. The topological polar surface area (TPSA) is 59.4 Å². The molecule has 0 saturated heterocycles. The maximum Gasteiger partial charge on any atom is 0.338 e. The van der Waals surface area contributed by atoms with Crippen molar-refractivity contribution in [1.82, 2.24) is 4.98 Å². The van der Waals surface area contributed by atoms with Crippen LogP contribution in [0.5, 0.6) is 0 Å². The number of benzene rings is 1. The summed E-state index contributed by atoms with van der Waals surface area (Å²) in [6.45, 7) is 0. The Morgan fingerprint density at radius 2 is 1.96 bits per heavy atom. The maximum atomic E-state index is 12.3. The summed E-state index contributed by atoms with van der Waals surface area (Å²) in [5.41, 5.74) is 1.46. The summed E-state index contributed by atoms with van der Waals surface area (Å²) in [5, 5.41) is 10.4. The van der Waals surface area contributed by atoms with Gasteiger partial charge in [0.15, 0.2) is 0 Å². The minimum Gasteiger partial charge on any atom is -0.458 e. The lowest BCUT2D eigenvalue weighted by molar-refractivity contribution is -0.00578. The number of hydrogen-bond donors (Lipinski definition) is 1. The summed E-state index contributed by atoms with van der Waals surface area (Å²) in [6.07, 6.45) is 2.85. The number of hydrogen-bond acceptors (Lipinski definition) is 4. The van der Waals surface area contributed by atoms with Crippen molar-refractivity contribution in [3.05, 3.63) is 64.9 Å². The van der Waals surface area contributed by atoms with E-state index in [0.29, 0.717) is 30.0 Å². The molecule has 1 aliphatic carbocycles. The predicted molar refractivity (Wildman–Crippen MR) is 87.5 cm³/mol. The standard InChI is InChI=1S/C18H18ClNO3/c19-17-9-6-13(11-20-17)15-10-14(21)7-8-16(15)23-18(22)12-4-2-1-3-5-12/h1-6,9,11,14-16,21H,7-8,10H2/t14-,15-,16+/m0/s1. The maximum absolute atomic E-state index is 12.3. The van der Waals surface area contributed by atoms with Crippen LogP contribution in [0.4, 0.5) is 0 Å². The van der Waals surface area contributed by atoms with Crippen molar-refractivity contribution < 1.29 is 14.6 Å². The molecule has 0 spiro atoms. The molecule has 0 amide bonds. The van der Waals surface area contributed by atoms with Crippen LogP contribution in [-0.2, 0) is 4.74 Å². The minimum atomic E-state index is -0.387. The lowest BCUT2D eigenvalue weighted by Gasteiger charge is -2.33. The molecule has 1 heterocycles. The van der Waals surface area contributed by atoms with Gasteiger partial charge < -0.3 is 9.84 Å². The van der Waals surface area contributed by atoms with Gasteiger partial charge in [0.05, 0.1) is 11.7 Å². The van der Waals surface area contributed by atoms with Gasteiger partial charge in [-0.25, -0.2) is 9.78 Å². The molecular weight excluding hydrogens is 314 g/mol. The van der Waals surface area contributed by atoms with E-state index in [0.717, 1.165) is 5.56 Å². The van der Waals surface area contributed by atoms with Gasteiger partial charge in [0.1, 0.15) is 11.3 Å². The van der Waals surface area contributed by atoms with Gasteiger partial charge in [-0.3, -0.25) is 0 Å². The summed E-state index contributed by atoms with van der Waals surface area (Å²) in [4.78, 5) is 16.4. The van der Waals surface area contributed by atoms with Crippen LogP contribution in [0.2, 0.25) is 5.15 Å². The fourth-order valence-electron chi connectivity index (χ4n) is 3.00. The SMILES string of the molecule is O=C(O[C@@H]1CC[C@H](O)C[C@H]1c1ccc(Cl)nc1)c1ccccc1. The van der Waals surface area contributed by atoms with E-state index in [1.54, 1.807) is 24.4 Å². The molecule has 4 nitrogen and oxygen atoms in total. The molecule has 0 unspecified atom stereocenters. The van der Waals surface area contributed by atoms with Crippen LogP contribution in [0.15, 0.2) is 48.7 Å². The number of carbonyl (C=O) groups is 1. The molecule has 1 N–H and O–H groups in total. The first-order valence-corrected chi connectivity index (χ1v) is 8.07. The third-order valence-electron chi connectivity index (χ3n) is 4.21. The number of carbonyl (C=O) groups excluding carboxylic acids is 1. The highest BCUT2D eigenvalue weighted by Gasteiger charge is 2.33. The highest BCUT2D eigenvalue weighted by molar-refractivity contribution is 6.29.